The number of benzene rings is 3. The standard InChI is InChI=1S/C16H21NO5.C14H18BrNO3.C9H7Br/c1-16(2,3)22-15(20)17-13-11-6-5-9(14(19)21-4)7-10(11)8-12(13)18;1-14(2,3)19-13(18)16-12-10-5-4-9(15)6-8(10)7-11(12)17;10-9-5-4-7-2-1-3-8(7)6-9/h5-7,12-13,18H,8H2,1-4H3,(H,17,20);4-6,11-12,17H,7H2,1-3H3,(H,16,18);1-2,4-6H,3H2/t12-,13-;11-,12-;/m11./s1. The van der Waals surface area contributed by atoms with Gasteiger partial charge in [0.2, 0.25) is 0 Å². The Hall–Kier alpha value is -3.71. The number of allylic oxidation sites excluding steroid dienone is 1. The van der Waals surface area contributed by atoms with Gasteiger partial charge in [-0.05, 0) is 118 Å². The van der Waals surface area contributed by atoms with Crippen LogP contribution in [0.15, 0.2) is 69.6 Å². The first-order chi connectivity index (χ1) is 23.8. The molecule has 0 radical (unpaired) electrons. The van der Waals surface area contributed by atoms with Gasteiger partial charge in [0.1, 0.15) is 11.2 Å². The van der Waals surface area contributed by atoms with Crippen molar-refractivity contribution < 1.29 is 38.8 Å². The van der Waals surface area contributed by atoms with E-state index >= 15 is 0 Å². The molecule has 0 unspecified atom stereocenters. The summed E-state index contributed by atoms with van der Waals surface area (Å²) in [5, 5.41) is 25.6. The molecule has 3 aromatic carbocycles. The lowest BCUT2D eigenvalue weighted by molar-refractivity contribution is 0.0430. The number of ether oxygens (including phenoxy) is 3. The molecule has 4 atom stereocenters. The smallest absolute Gasteiger partial charge is 0.408 e. The summed E-state index contributed by atoms with van der Waals surface area (Å²) in [6.45, 7) is 10.7. The molecule has 0 saturated heterocycles. The first-order valence-electron chi connectivity index (χ1n) is 16.6. The average Bonchev–Trinajstić information content (AvgIpc) is 3.69. The molecule has 0 saturated carbocycles. The van der Waals surface area contributed by atoms with Gasteiger partial charge in [-0.15, -0.1) is 0 Å². The lowest BCUT2D eigenvalue weighted by atomic mass is 10.0. The fraction of sp³-hybridized carbons (Fsp3) is 0.410. The third kappa shape index (κ3) is 11.4. The van der Waals surface area contributed by atoms with E-state index in [1.807, 2.05) is 39.0 Å². The number of rotatable bonds is 3. The van der Waals surface area contributed by atoms with Crippen LogP contribution in [0.4, 0.5) is 9.59 Å². The van der Waals surface area contributed by atoms with E-state index in [1.54, 1.807) is 39.0 Å². The Bertz CT molecular complexity index is 1780. The Morgan fingerprint density at radius 3 is 1.69 bits per heavy atom. The van der Waals surface area contributed by atoms with Gasteiger partial charge in [-0.3, -0.25) is 0 Å². The Balaban J connectivity index is 0.000000182. The summed E-state index contributed by atoms with van der Waals surface area (Å²) in [5.74, 6) is -0.430. The summed E-state index contributed by atoms with van der Waals surface area (Å²) in [5.41, 5.74) is 5.65. The lowest BCUT2D eigenvalue weighted by Gasteiger charge is -2.23. The van der Waals surface area contributed by atoms with E-state index in [0.717, 1.165) is 33.1 Å². The van der Waals surface area contributed by atoms with Gasteiger partial charge in [-0.25, -0.2) is 14.4 Å². The van der Waals surface area contributed by atoms with Crippen molar-refractivity contribution >= 4 is 56.1 Å². The zero-order chi connectivity index (χ0) is 37.7. The number of carbonyl (C=O) groups excluding carboxylic acids is 3. The predicted octanol–water partition coefficient (Wildman–Crippen LogP) is 7.91. The molecule has 0 heterocycles. The SMILES string of the molecule is Brc1ccc2c(c1)CC=C2.CC(C)(C)OC(=O)N[C@@H]1c2ccc(Br)cc2C[C@H]1O.COC(=O)c1ccc2c(c1)C[C@@H](O)[C@@H]2NC(=O)OC(C)(C)C. The highest BCUT2D eigenvalue weighted by Crippen LogP contribution is 2.34. The zero-order valence-electron chi connectivity index (χ0n) is 29.9. The number of hydrogen-bond acceptors (Lipinski definition) is 8. The molecular formula is C39H46Br2N2O8. The van der Waals surface area contributed by atoms with Crippen molar-refractivity contribution in [2.75, 3.05) is 7.11 Å². The fourth-order valence-electron chi connectivity index (χ4n) is 5.93. The highest BCUT2D eigenvalue weighted by atomic mass is 79.9. The maximum atomic E-state index is 11.9. The van der Waals surface area contributed by atoms with Crippen LogP contribution in [0, 0.1) is 0 Å². The summed E-state index contributed by atoms with van der Waals surface area (Å²) in [7, 11) is 1.32. The molecule has 12 heteroatoms. The topological polar surface area (TPSA) is 143 Å². The number of halogens is 2. The number of amides is 2. The van der Waals surface area contributed by atoms with Crippen molar-refractivity contribution in [1.29, 1.82) is 0 Å². The molecule has 10 nitrogen and oxygen atoms in total. The normalized spacial score (nSPS) is 19.6. The van der Waals surface area contributed by atoms with E-state index in [1.165, 1.54) is 22.7 Å². The number of aliphatic hydroxyl groups excluding tert-OH is 2. The van der Waals surface area contributed by atoms with Crippen LogP contribution in [-0.4, -0.2) is 58.9 Å². The van der Waals surface area contributed by atoms with Crippen molar-refractivity contribution in [2.45, 2.75) is 96.3 Å². The van der Waals surface area contributed by atoms with E-state index in [-0.39, 0.29) is 0 Å². The van der Waals surface area contributed by atoms with E-state index in [0.29, 0.717) is 18.4 Å². The third-order valence-electron chi connectivity index (χ3n) is 8.05. The molecule has 0 bridgehead atoms. The minimum Gasteiger partial charge on any atom is -0.465 e. The molecule has 3 aromatic rings. The van der Waals surface area contributed by atoms with Gasteiger partial charge in [0.15, 0.2) is 0 Å². The van der Waals surface area contributed by atoms with Gasteiger partial charge >= 0.3 is 18.2 Å². The van der Waals surface area contributed by atoms with E-state index in [4.69, 9.17) is 9.47 Å². The maximum absolute atomic E-state index is 11.9. The van der Waals surface area contributed by atoms with Crippen LogP contribution < -0.4 is 10.6 Å². The number of esters is 1. The van der Waals surface area contributed by atoms with Crippen LogP contribution in [0.3, 0.4) is 0 Å². The quantitative estimate of drug-likeness (QED) is 0.154. The van der Waals surface area contributed by atoms with Crippen molar-refractivity contribution in [3.63, 3.8) is 0 Å². The second-order valence-electron chi connectivity index (χ2n) is 14.5. The zero-order valence-corrected chi connectivity index (χ0v) is 33.1. The molecule has 2 amide bonds. The molecule has 0 aromatic heterocycles. The predicted molar refractivity (Wildman–Crippen MR) is 202 cm³/mol. The van der Waals surface area contributed by atoms with Crippen LogP contribution in [0.2, 0.25) is 0 Å². The summed E-state index contributed by atoms with van der Waals surface area (Å²) >= 11 is 6.84. The van der Waals surface area contributed by atoms with E-state index < -0.39 is 53.6 Å². The number of hydrogen-bond donors (Lipinski definition) is 4. The Morgan fingerprint density at radius 2 is 1.18 bits per heavy atom. The molecule has 51 heavy (non-hydrogen) atoms. The molecule has 0 spiro atoms. The fourth-order valence-corrected chi connectivity index (χ4v) is 6.75. The number of methoxy groups -OCH3 is 1. The summed E-state index contributed by atoms with van der Waals surface area (Å²) in [4.78, 5) is 35.2. The minimum absolute atomic E-state index is 0.362. The Labute approximate surface area is 316 Å². The maximum Gasteiger partial charge on any atom is 0.408 e. The van der Waals surface area contributed by atoms with Crippen LogP contribution in [0.25, 0.3) is 6.08 Å². The molecule has 0 fully saturated rings. The van der Waals surface area contributed by atoms with Gasteiger partial charge in [0.25, 0.3) is 0 Å². The Kier molecular flexibility index (Phi) is 13.2. The molecular weight excluding hydrogens is 784 g/mol. The third-order valence-corrected chi connectivity index (χ3v) is 9.04. The van der Waals surface area contributed by atoms with Crippen LogP contribution in [0.1, 0.15) is 97.4 Å². The Morgan fingerprint density at radius 1 is 0.706 bits per heavy atom. The van der Waals surface area contributed by atoms with Crippen LogP contribution in [0.5, 0.6) is 0 Å². The monoisotopic (exact) mass is 828 g/mol. The van der Waals surface area contributed by atoms with Gasteiger partial charge < -0.3 is 35.1 Å². The number of carbonyl (C=O) groups is 3. The first kappa shape index (κ1) is 40.1. The minimum atomic E-state index is -0.754. The van der Waals surface area contributed by atoms with Crippen molar-refractivity contribution in [2.24, 2.45) is 0 Å². The number of nitrogens with one attached hydrogen (secondary N) is 2. The van der Waals surface area contributed by atoms with Gasteiger partial charge in [-0.1, -0.05) is 62.2 Å². The van der Waals surface area contributed by atoms with Crippen LogP contribution >= 0.6 is 31.9 Å². The van der Waals surface area contributed by atoms with Gasteiger partial charge in [0, 0.05) is 21.8 Å². The summed E-state index contributed by atoms with van der Waals surface area (Å²) in [6, 6.07) is 16.3. The van der Waals surface area contributed by atoms with Crippen molar-refractivity contribution in [3.8, 4) is 0 Å². The lowest BCUT2D eigenvalue weighted by Crippen LogP contribution is -2.38. The average molecular weight is 831 g/mol. The molecule has 3 aliphatic rings. The number of aliphatic hydroxyl groups is 2. The molecule has 274 valence electrons. The second kappa shape index (κ2) is 16.8. The molecule has 3 aliphatic carbocycles. The van der Waals surface area contributed by atoms with Gasteiger partial charge in [-0.2, -0.15) is 0 Å². The van der Waals surface area contributed by atoms with Crippen molar-refractivity contribution in [3.05, 3.63) is 109 Å². The number of fused-ring (bicyclic) bond motifs is 3. The number of alkyl carbamates (subject to hydrolysis) is 2. The summed E-state index contributed by atoms with van der Waals surface area (Å²) < 4.78 is 17.2. The highest BCUT2D eigenvalue weighted by Gasteiger charge is 2.35. The molecule has 4 N–H and O–H groups in total. The highest BCUT2D eigenvalue weighted by molar-refractivity contribution is 9.10. The van der Waals surface area contributed by atoms with Crippen LogP contribution in [-0.2, 0) is 33.5 Å². The van der Waals surface area contributed by atoms with E-state index in [9.17, 15) is 24.6 Å². The summed E-state index contributed by atoms with van der Waals surface area (Å²) in [6.07, 6.45) is 3.89. The molecule has 0 aliphatic heterocycles. The second-order valence-corrected chi connectivity index (χ2v) is 16.3. The molecule has 6 rings (SSSR count). The first-order valence-corrected chi connectivity index (χ1v) is 18.2. The van der Waals surface area contributed by atoms with Crippen molar-refractivity contribution in [1.82, 2.24) is 10.6 Å². The van der Waals surface area contributed by atoms with E-state index in [2.05, 4.69) is 77.6 Å². The van der Waals surface area contributed by atoms with Gasteiger partial charge in [0.05, 0.1) is 37.0 Å². The largest absolute Gasteiger partial charge is 0.465 e.